The van der Waals surface area contributed by atoms with Crippen molar-refractivity contribution in [2.24, 2.45) is 11.7 Å². The second kappa shape index (κ2) is 5.02. The molecule has 0 bridgehead atoms. The molecule has 1 aliphatic rings. The van der Waals surface area contributed by atoms with Crippen molar-refractivity contribution in [1.82, 2.24) is 0 Å². The van der Waals surface area contributed by atoms with E-state index in [9.17, 15) is 4.79 Å². The molecule has 1 saturated carbocycles. The van der Waals surface area contributed by atoms with E-state index < -0.39 is 0 Å². The Morgan fingerprint density at radius 3 is 2.33 bits per heavy atom. The van der Waals surface area contributed by atoms with Crippen LogP contribution in [0, 0.1) is 5.92 Å². The highest BCUT2D eigenvalue weighted by molar-refractivity contribution is 6.30. The number of carbonyl (C=O) groups excluding carboxylic acids is 1. The Morgan fingerprint density at radius 1 is 1.33 bits per heavy atom. The van der Waals surface area contributed by atoms with Crippen LogP contribution in [0.25, 0.3) is 0 Å². The van der Waals surface area contributed by atoms with Gasteiger partial charge in [0.2, 0.25) is 0 Å². The van der Waals surface area contributed by atoms with Crippen molar-refractivity contribution in [3.8, 4) is 0 Å². The van der Waals surface area contributed by atoms with Crippen molar-refractivity contribution in [3.05, 3.63) is 34.9 Å². The Balaban J connectivity index is 2.23. The first kappa shape index (κ1) is 13.6. The number of nitrogens with two attached hydrogens (primary N) is 1. The van der Waals surface area contributed by atoms with Gasteiger partial charge in [-0.1, -0.05) is 37.6 Å². The third kappa shape index (κ3) is 3.12. The third-order valence-corrected chi connectivity index (χ3v) is 3.94. The highest BCUT2D eigenvalue weighted by atomic mass is 35.5. The van der Waals surface area contributed by atoms with Crippen molar-refractivity contribution in [2.45, 2.75) is 44.6 Å². The molecular weight excluding hydrogens is 246 g/mol. The molecule has 0 aromatic heterocycles. The van der Waals surface area contributed by atoms with Crippen LogP contribution < -0.4 is 5.73 Å². The quantitative estimate of drug-likeness (QED) is 0.885. The minimum atomic E-state index is -0.116. The Hall–Kier alpha value is -0.860. The molecule has 1 atom stereocenters. The number of carbonyl (C=O) groups is 1. The first-order valence-corrected chi connectivity index (χ1v) is 6.87. The minimum absolute atomic E-state index is 0.0352. The molecule has 0 heterocycles. The summed E-state index contributed by atoms with van der Waals surface area (Å²) in [6, 6.07) is 7.57. The van der Waals surface area contributed by atoms with Gasteiger partial charge >= 0.3 is 0 Å². The summed E-state index contributed by atoms with van der Waals surface area (Å²) in [5, 5.41) is 0.698. The van der Waals surface area contributed by atoms with Crippen molar-refractivity contribution in [2.75, 3.05) is 0 Å². The number of halogens is 1. The van der Waals surface area contributed by atoms with Crippen LogP contribution in [-0.4, -0.2) is 11.3 Å². The molecule has 0 saturated heterocycles. The van der Waals surface area contributed by atoms with Gasteiger partial charge in [0.15, 0.2) is 0 Å². The van der Waals surface area contributed by atoms with E-state index in [1.54, 1.807) is 0 Å². The van der Waals surface area contributed by atoms with Gasteiger partial charge in [0.05, 0.1) is 0 Å². The smallest absolute Gasteiger partial charge is 0.142 e. The number of Topliss-reactive ketones (excluding diaryl/α,β-unsaturated/α-hetero) is 1. The lowest BCUT2D eigenvalue weighted by atomic mass is 9.83. The number of ketones is 1. The zero-order valence-electron chi connectivity index (χ0n) is 10.9. The zero-order valence-corrected chi connectivity index (χ0v) is 11.7. The highest BCUT2D eigenvalue weighted by Gasteiger charge is 2.42. The summed E-state index contributed by atoms with van der Waals surface area (Å²) in [5.41, 5.74) is 7.10. The number of hydrogen-bond acceptors (Lipinski definition) is 2. The fourth-order valence-electron chi connectivity index (χ4n) is 2.25. The molecule has 0 aliphatic heterocycles. The topological polar surface area (TPSA) is 43.1 Å². The van der Waals surface area contributed by atoms with Gasteiger partial charge in [-0.15, -0.1) is 0 Å². The molecule has 98 valence electrons. The van der Waals surface area contributed by atoms with Gasteiger partial charge in [0.1, 0.15) is 5.78 Å². The van der Waals surface area contributed by atoms with Gasteiger partial charge in [-0.05, 0) is 37.0 Å². The molecule has 1 aliphatic carbocycles. The first-order valence-electron chi connectivity index (χ1n) is 6.49. The van der Waals surface area contributed by atoms with Crippen LogP contribution in [0.2, 0.25) is 5.02 Å². The predicted molar refractivity (Wildman–Crippen MR) is 74.8 cm³/mol. The summed E-state index contributed by atoms with van der Waals surface area (Å²) >= 11 is 5.89. The molecular formula is C15H20ClNO. The van der Waals surface area contributed by atoms with Gasteiger partial charge in [-0.3, -0.25) is 4.79 Å². The number of hydrogen-bond donors (Lipinski definition) is 1. The molecule has 0 amide bonds. The first-order chi connectivity index (χ1) is 8.41. The van der Waals surface area contributed by atoms with Gasteiger partial charge in [0.25, 0.3) is 0 Å². The van der Waals surface area contributed by atoms with Crippen LogP contribution in [0.15, 0.2) is 24.3 Å². The molecule has 1 aromatic carbocycles. The standard InChI is InChI=1S/C15H20ClNO/c1-10(2)14(18)13(9-15(17)7-8-15)11-3-5-12(16)6-4-11/h3-6,10,13H,7-9,17H2,1-2H3/t13-/m1/s1. The monoisotopic (exact) mass is 265 g/mol. The van der Waals surface area contributed by atoms with Crippen LogP contribution in [0.1, 0.15) is 44.6 Å². The van der Waals surface area contributed by atoms with E-state index in [1.165, 1.54) is 0 Å². The van der Waals surface area contributed by atoms with E-state index in [0.29, 0.717) is 5.02 Å². The van der Waals surface area contributed by atoms with Crippen LogP contribution in [-0.2, 0) is 4.79 Å². The van der Waals surface area contributed by atoms with Gasteiger partial charge < -0.3 is 5.73 Å². The van der Waals surface area contributed by atoms with E-state index in [4.69, 9.17) is 17.3 Å². The van der Waals surface area contributed by atoms with Crippen molar-refractivity contribution < 1.29 is 4.79 Å². The van der Waals surface area contributed by atoms with Gasteiger partial charge in [0, 0.05) is 22.4 Å². The van der Waals surface area contributed by atoms with Crippen molar-refractivity contribution in [3.63, 3.8) is 0 Å². The lowest BCUT2D eigenvalue weighted by molar-refractivity contribution is -0.123. The summed E-state index contributed by atoms with van der Waals surface area (Å²) in [6.07, 6.45) is 2.82. The molecule has 3 heteroatoms. The minimum Gasteiger partial charge on any atom is -0.325 e. The summed E-state index contributed by atoms with van der Waals surface area (Å²) in [7, 11) is 0. The Kier molecular flexibility index (Phi) is 3.79. The maximum Gasteiger partial charge on any atom is 0.142 e. The van der Waals surface area contributed by atoms with Gasteiger partial charge in [-0.25, -0.2) is 0 Å². The molecule has 2 N–H and O–H groups in total. The van der Waals surface area contributed by atoms with E-state index >= 15 is 0 Å². The molecule has 0 spiro atoms. The molecule has 18 heavy (non-hydrogen) atoms. The summed E-state index contributed by atoms with van der Waals surface area (Å²) in [4.78, 5) is 12.3. The highest BCUT2D eigenvalue weighted by Crippen LogP contribution is 2.42. The van der Waals surface area contributed by atoms with Crippen LogP contribution >= 0.6 is 11.6 Å². The fourth-order valence-corrected chi connectivity index (χ4v) is 2.38. The lowest BCUT2D eigenvalue weighted by Gasteiger charge is -2.21. The van der Waals surface area contributed by atoms with E-state index in [2.05, 4.69) is 0 Å². The Morgan fingerprint density at radius 2 is 1.89 bits per heavy atom. The van der Waals surface area contributed by atoms with Crippen molar-refractivity contribution in [1.29, 1.82) is 0 Å². The molecule has 1 fully saturated rings. The fraction of sp³-hybridized carbons (Fsp3) is 0.533. The maximum atomic E-state index is 12.3. The Labute approximate surface area is 114 Å². The molecule has 0 unspecified atom stereocenters. The van der Waals surface area contributed by atoms with E-state index in [1.807, 2.05) is 38.1 Å². The second-order valence-electron chi connectivity index (χ2n) is 5.73. The number of benzene rings is 1. The van der Waals surface area contributed by atoms with Crippen LogP contribution in [0.4, 0.5) is 0 Å². The maximum absolute atomic E-state index is 12.3. The second-order valence-corrected chi connectivity index (χ2v) is 6.16. The van der Waals surface area contributed by atoms with E-state index in [-0.39, 0.29) is 23.2 Å². The summed E-state index contributed by atoms with van der Waals surface area (Å²) in [5.74, 6) is 0.219. The zero-order chi connectivity index (χ0) is 13.3. The van der Waals surface area contributed by atoms with E-state index in [0.717, 1.165) is 24.8 Å². The van der Waals surface area contributed by atoms with Crippen LogP contribution in [0.5, 0.6) is 0 Å². The molecule has 2 nitrogen and oxygen atoms in total. The molecule has 0 radical (unpaired) electrons. The third-order valence-electron chi connectivity index (χ3n) is 3.69. The predicted octanol–water partition coefficient (Wildman–Crippen LogP) is 3.53. The molecule has 2 rings (SSSR count). The Bertz CT molecular complexity index is 434. The number of rotatable bonds is 5. The largest absolute Gasteiger partial charge is 0.325 e. The molecule has 1 aromatic rings. The van der Waals surface area contributed by atoms with Crippen molar-refractivity contribution >= 4 is 17.4 Å². The van der Waals surface area contributed by atoms with Crippen LogP contribution in [0.3, 0.4) is 0 Å². The van der Waals surface area contributed by atoms with Gasteiger partial charge in [-0.2, -0.15) is 0 Å². The SMILES string of the molecule is CC(C)C(=O)[C@H](CC1(N)CC1)c1ccc(Cl)cc1. The average molecular weight is 266 g/mol. The summed E-state index contributed by atoms with van der Waals surface area (Å²) < 4.78 is 0. The lowest BCUT2D eigenvalue weighted by Crippen LogP contribution is -2.29. The normalized spacial score (nSPS) is 18.7. The summed E-state index contributed by atoms with van der Waals surface area (Å²) in [6.45, 7) is 3.89. The average Bonchev–Trinajstić information content (AvgIpc) is 3.05.